The molecule has 3 atom stereocenters. The van der Waals surface area contributed by atoms with Gasteiger partial charge in [-0.2, -0.15) is 0 Å². The Balaban J connectivity index is 1.73. The summed E-state index contributed by atoms with van der Waals surface area (Å²) in [6.45, 7) is 8.00. The van der Waals surface area contributed by atoms with Gasteiger partial charge >= 0.3 is 5.97 Å². The molecule has 0 aromatic carbocycles. The molecule has 2 aliphatic heterocycles. The van der Waals surface area contributed by atoms with Gasteiger partial charge in [0, 0.05) is 19.1 Å². The average Bonchev–Trinajstić information content (AvgIpc) is 2.87. The van der Waals surface area contributed by atoms with Crippen LogP contribution in [0.25, 0.3) is 0 Å². The number of carbonyl (C=O) groups excluding carboxylic acids is 1. The zero-order chi connectivity index (χ0) is 13.7. The van der Waals surface area contributed by atoms with Crippen molar-refractivity contribution in [2.75, 3.05) is 32.8 Å². The fraction of sp³-hybridized carbons (Fsp3) is 0.929. The van der Waals surface area contributed by atoms with Crippen LogP contribution in [0.4, 0.5) is 0 Å². The second kappa shape index (κ2) is 7.22. The third-order valence-electron chi connectivity index (χ3n) is 4.03. The Hall–Kier alpha value is -0.650. The van der Waals surface area contributed by atoms with E-state index in [1.807, 2.05) is 13.8 Å². The molecule has 0 radical (unpaired) electrons. The van der Waals surface area contributed by atoms with Gasteiger partial charge in [0.05, 0.1) is 19.3 Å². The molecule has 3 unspecified atom stereocenters. The summed E-state index contributed by atoms with van der Waals surface area (Å²) in [5.74, 6) is -0.153. The van der Waals surface area contributed by atoms with Crippen molar-refractivity contribution in [3.63, 3.8) is 0 Å². The lowest BCUT2D eigenvalue weighted by molar-refractivity contribution is -0.146. The van der Waals surface area contributed by atoms with Crippen LogP contribution in [0, 0.1) is 0 Å². The molecule has 19 heavy (non-hydrogen) atoms. The van der Waals surface area contributed by atoms with E-state index in [0.29, 0.717) is 12.6 Å². The lowest BCUT2D eigenvalue weighted by Gasteiger charge is -2.35. The highest BCUT2D eigenvalue weighted by Crippen LogP contribution is 2.22. The highest BCUT2D eigenvalue weighted by Gasteiger charge is 2.32. The summed E-state index contributed by atoms with van der Waals surface area (Å²) in [7, 11) is 0. The van der Waals surface area contributed by atoms with E-state index >= 15 is 0 Å². The molecule has 0 aromatic heterocycles. The zero-order valence-corrected chi connectivity index (χ0v) is 12.1. The number of nitrogens with zero attached hydrogens (tertiary/aromatic N) is 1. The van der Waals surface area contributed by atoms with Gasteiger partial charge in [0.2, 0.25) is 0 Å². The van der Waals surface area contributed by atoms with E-state index in [4.69, 9.17) is 9.47 Å². The van der Waals surface area contributed by atoms with E-state index in [0.717, 1.165) is 26.1 Å². The Labute approximate surface area is 115 Å². The fourth-order valence-electron chi connectivity index (χ4n) is 2.92. The van der Waals surface area contributed by atoms with Crippen LogP contribution in [0.2, 0.25) is 0 Å². The van der Waals surface area contributed by atoms with Crippen LogP contribution in [0.1, 0.15) is 33.1 Å². The summed E-state index contributed by atoms with van der Waals surface area (Å²) >= 11 is 0. The van der Waals surface area contributed by atoms with Gasteiger partial charge in [-0.15, -0.1) is 0 Å². The van der Waals surface area contributed by atoms with Crippen molar-refractivity contribution in [3.05, 3.63) is 0 Å². The number of hydrogen-bond acceptors (Lipinski definition) is 5. The Morgan fingerprint density at radius 3 is 3.11 bits per heavy atom. The second-order valence-electron chi connectivity index (χ2n) is 5.37. The molecule has 2 fully saturated rings. The molecule has 0 aromatic rings. The molecule has 0 saturated carbocycles. The van der Waals surface area contributed by atoms with E-state index < -0.39 is 0 Å². The van der Waals surface area contributed by atoms with Crippen LogP contribution in [-0.2, 0) is 14.3 Å². The number of carbonyl (C=O) groups is 1. The molecule has 1 N–H and O–H groups in total. The predicted molar refractivity (Wildman–Crippen MR) is 73.0 cm³/mol. The first-order valence-electron chi connectivity index (χ1n) is 7.50. The molecular formula is C14H26N2O3. The molecule has 0 aliphatic carbocycles. The number of fused-ring (bicyclic) bond motifs is 1. The molecule has 0 bridgehead atoms. The summed E-state index contributed by atoms with van der Waals surface area (Å²) in [5, 5.41) is 3.28. The standard InChI is InChI=1S/C14H26N2O3/c1-3-13(14(17)18-4-2)15-8-12-9-16-7-5-6-11(16)10-19-12/h11-13,15H,3-10H2,1-2H3. The van der Waals surface area contributed by atoms with Crippen molar-refractivity contribution in [2.24, 2.45) is 0 Å². The first-order chi connectivity index (χ1) is 9.24. The van der Waals surface area contributed by atoms with Gasteiger partial charge in [-0.1, -0.05) is 6.92 Å². The summed E-state index contributed by atoms with van der Waals surface area (Å²) in [6, 6.07) is 0.420. The molecule has 2 saturated heterocycles. The van der Waals surface area contributed by atoms with E-state index in [-0.39, 0.29) is 18.1 Å². The summed E-state index contributed by atoms with van der Waals surface area (Å²) in [4.78, 5) is 14.2. The largest absolute Gasteiger partial charge is 0.465 e. The maximum absolute atomic E-state index is 11.7. The number of ether oxygens (including phenoxy) is 2. The number of rotatable bonds is 6. The van der Waals surface area contributed by atoms with Gasteiger partial charge in [-0.25, -0.2) is 0 Å². The van der Waals surface area contributed by atoms with Crippen LogP contribution in [0.3, 0.4) is 0 Å². The van der Waals surface area contributed by atoms with Crippen molar-refractivity contribution in [3.8, 4) is 0 Å². The van der Waals surface area contributed by atoms with Crippen LogP contribution < -0.4 is 5.32 Å². The summed E-state index contributed by atoms with van der Waals surface area (Å²) in [6.07, 6.45) is 3.49. The first-order valence-corrected chi connectivity index (χ1v) is 7.50. The third-order valence-corrected chi connectivity index (χ3v) is 4.03. The Kier molecular flexibility index (Phi) is 5.60. The second-order valence-corrected chi connectivity index (χ2v) is 5.37. The van der Waals surface area contributed by atoms with Crippen molar-refractivity contribution >= 4 is 5.97 Å². The van der Waals surface area contributed by atoms with Crippen LogP contribution in [0.5, 0.6) is 0 Å². The molecule has 2 aliphatic rings. The number of hydrogen-bond donors (Lipinski definition) is 1. The third kappa shape index (κ3) is 3.91. The van der Waals surface area contributed by atoms with Crippen molar-refractivity contribution in [1.29, 1.82) is 0 Å². The van der Waals surface area contributed by atoms with Gasteiger partial charge < -0.3 is 14.8 Å². The smallest absolute Gasteiger partial charge is 0.323 e. The van der Waals surface area contributed by atoms with Gasteiger partial charge in [0.1, 0.15) is 6.04 Å². The quantitative estimate of drug-likeness (QED) is 0.723. The predicted octanol–water partition coefficient (Wildman–Crippen LogP) is 0.781. The van der Waals surface area contributed by atoms with Crippen molar-refractivity contribution in [2.45, 2.75) is 51.3 Å². The summed E-state index contributed by atoms with van der Waals surface area (Å²) < 4.78 is 10.9. The maximum Gasteiger partial charge on any atom is 0.323 e. The van der Waals surface area contributed by atoms with E-state index in [1.165, 1.54) is 19.4 Å². The molecule has 5 nitrogen and oxygen atoms in total. The Morgan fingerprint density at radius 1 is 1.53 bits per heavy atom. The minimum atomic E-state index is -0.208. The number of morpholine rings is 1. The van der Waals surface area contributed by atoms with Crippen molar-refractivity contribution < 1.29 is 14.3 Å². The number of esters is 1. The Morgan fingerprint density at radius 2 is 2.37 bits per heavy atom. The molecule has 110 valence electrons. The minimum Gasteiger partial charge on any atom is -0.465 e. The van der Waals surface area contributed by atoms with Crippen LogP contribution >= 0.6 is 0 Å². The van der Waals surface area contributed by atoms with E-state index in [9.17, 15) is 4.79 Å². The van der Waals surface area contributed by atoms with Crippen LogP contribution in [-0.4, -0.2) is 61.9 Å². The highest BCUT2D eigenvalue weighted by atomic mass is 16.5. The van der Waals surface area contributed by atoms with Gasteiger partial charge in [0.25, 0.3) is 0 Å². The van der Waals surface area contributed by atoms with Crippen molar-refractivity contribution in [1.82, 2.24) is 10.2 Å². The molecule has 0 spiro atoms. The molecule has 5 heteroatoms. The maximum atomic E-state index is 11.7. The van der Waals surface area contributed by atoms with Gasteiger partial charge in [0.15, 0.2) is 0 Å². The lowest BCUT2D eigenvalue weighted by atomic mass is 10.1. The molecule has 2 heterocycles. The van der Waals surface area contributed by atoms with E-state index in [2.05, 4.69) is 10.2 Å². The normalized spacial score (nSPS) is 28.9. The first kappa shape index (κ1) is 14.8. The molecule has 0 amide bonds. The average molecular weight is 270 g/mol. The van der Waals surface area contributed by atoms with Gasteiger partial charge in [-0.05, 0) is 32.7 Å². The van der Waals surface area contributed by atoms with Crippen LogP contribution in [0.15, 0.2) is 0 Å². The SMILES string of the molecule is CCOC(=O)C(CC)NCC1CN2CCCC2CO1. The summed E-state index contributed by atoms with van der Waals surface area (Å²) in [5.41, 5.74) is 0. The van der Waals surface area contributed by atoms with E-state index in [1.54, 1.807) is 0 Å². The zero-order valence-electron chi connectivity index (χ0n) is 12.1. The molecular weight excluding hydrogens is 244 g/mol. The Bertz CT molecular complexity index is 298. The topological polar surface area (TPSA) is 50.8 Å². The number of nitrogens with one attached hydrogen (secondary N) is 1. The highest BCUT2D eigenvalue weighted by molar-refractivity contribution is 5.75. The minimum absolute atomic E-state index is 0.153. The lowest BCUT2D eigenvalue weighted by Crippen LogP contribution is -2.51. The fourth-order valence-corrected chi connectivity index (χ4v) is 2.92. The molecule has 2 rings (SSSR count). The monoisotopic (exact) mass is 270 g/mol. The van der Waals surface area contributed by atoms with Gasteiger partial charge in [-0.3, -0.25) is 9.69 Å².